The molecule has 0 bridgehead atoms. The van der Waals surface area contributed by atoms with Crippen LogP contribution in [0.25, 0.3) is 33.3 Å². The summed E-state index contributed by atoms with van der Waals surface area (Å²) in [6.45, 7) is 3.71. The zero-order valence-corrected chi connectivity index (χ0v) is 16.7. The lowest BCUT2D eigenvalue weighted by molar-refractivity contribution is -0.114. The van der Waals surface area contributed by atoms with Gasteiger partial charge in [-0.1, -0.05) is 37.6 Å². The van der Waals surface area contributed by atoms with Crippen molar-refractivity contribution in [2.24, 2.45) is 0 Å². The molecule has 1 aliphatic rings. The number of amides is 1. The first-order chi connectivity index (χ1) is 14.1. The molecule has 29 heavy (non-hydrogen) atoms. The van der Waals surface area contributed by atoms with E-state index in [9.17, 15) is 4.79 Å². The molecule has 2 heterocycles. The van der Waals surface area contributed by atoms with E-state index >= 15 is 0 Å². The molecule has 144 valence electrons. The Hall–Kier alpha value is -3.40. The maximum Gasteiger partial charge on any atom is 0.221 e. The van der Waals surface area contributed by atoms with Gasteiger partial charge in [-0.25, -0.2) is 0 Å². The summed E-state index contributed by atoms with van der Waals surface area (Å²) in [5, 5.41) is 4.13. The molecule has 0 unspecified atom stereocenters. The van der Waals surface area contributed by atoms with Crippen molar-refractivity contribution in [2.75, 3.05) is 5.32 Å². The first kappa shape index (κ1) is 17.7. The normalized spacial score (nSPS) is 12.1. The van der Waals surface area contributed by atoms with Gasteiger partial charge in [0.25, 0.3) is 0 Å². The molecule has 5 rings (SSSR count). The van der Waals surface area contributed by atoms with Crippen LogP contribution >= 0.6 is 0 Å². The molecule has 2 aromatic carbocycles. The zero-order chi connectivity index (χ0) is 20.0. The first-order valence-electron chi connectivity index (χ1n) is 10.1. The molecule has 0 atom stereocenters. The summed E-state index contributed by atoms with van der Waals surface area (Å²) in [4.78, 5) is 19.6. The Morgan fingerprint density at radius 3 is 2.72 bits per heavy atom. The molecule has 4 nitrogen and oxygen atoms in total. The molecule has 0 radical (unpaired) electrons. The Morgan fingerprint density at radius 1 is 1.10 bits per heavy atom. The van der Waals surface area contributed by atoms with Gasteiger partial charge in [0.2, 0.25) is 5.91 Å². The van der Waals surface area contributed by atoms with Crippen LogP contribution in [0.4, 0.5) is 5.69 Å². The highest BCUT2D eigenvalue weighted by Crippen LogP contribution is 2.42. The summed E-state index contributed by atoms with van der Waals surface area (Å²) in [5.41, 5.74) is 10.5. The summed E-state index contributed by atoms with van der Waals surface area (Å²) < 4.78 is 0. The number of H-pyrrole nitrogens is 1. The van der Waals surface area contributed by atoms with Gasteiger partial charge in [-0.2, -0.15) is 0 Å². The number of nitrogens with zero attached hydrogens (tertiary/aromatic N) is 1. The Balaban J connectivity index is 1.50. The quantitative estimate of drug-likeness (QED) is 0.419. The standard InChI is InChI=1S/C25H23N3O/c1-3-4-19-7-5-17(14-26-19)16-6-9-22-23-12-18-11-20(27-15(2)29)8-10-21(18)25(23)28-24(22)13-16/h5-11,13-14,28H,3-4,12H2,1-2H3,(H,27,29). The van der Waals surface area contributed by atoms with E-state index in [0.29, 0.717) is 0 Å². The van der Waals surface area contributed by atoms with Crippen molar-refractivity contribution in [3.05, 3.63) is 71.5 Å². The highest BCUT2D eigenvalue weighted by molar-refractivity contribution is 5.97. The van der Waals surface area contributed by atoms with Gasteiger partial charge in [-0.05, 0) is 47.4 Å². The van der Waals surface area contributed by atoms with E-state index in [4.69, 9.17) is 0 Å². The fourth-order valence-corrected chi connectivity index (χ4v) is 4.30. The predicted molar refractivity (Wildman–Crippen MR) is 118 cm³/mol. The van der Waals surface area contributed by atoms with Gasteiger partial charge >= 0.3 is 0 Å². The fraction of sp³-hybridized carbons (Fsp3) is 0.200. The maximum absolute atomic E-state index is 11.3. The van der Waals surface area contributed by atoms with Gasteiger partial charge in [0.1, 0.15) is 0 Å². The largest absolute Gasteiger partial charge is 0.354 e. The second kappa shape index (κ2) is 6.89. The number of carbonyl (C=O) groups excluding carboxylic acids is 1. The monoisotopic (exact) mass is 381 g/mol. The third kappa shape index (κ3) is 3.11. The molecule has 1 amide bonds. The minimum absolute atomic E-state index is 0.0448. The van der Waals surface area contributed by atoms with Gasteiger partial charge in [-0.15, -0.1) is 0 Å². The van der Waals surface area contributed by atoms with Crippen molar-refractivity contribution < 1.29 is 4.79 Å². The SMILES string of the molecule is CCCc1ccc(-c2ccc3c4c([nH]c3c2)-c2ccc(NC(C)=O)cc2C4)cn1. The van der Waals surface area contributed by atoms with E-state index < -0.39 is 0 Å². The van der Waals surface area contributed by atoms with Crippen molar-refractivity contribution >= 4 is 22.5 Å². The minimum Gasteiger partial charge on any atom is -0.354 e. The first-order valence-corrected chi connectivity index (χ1v) is 10.1. The topological polar surface area (TPSA) is 57.8 Å². The predicted octanol–water partition coefficient (Wildman–Crippen LogP) is 5.71. The number of rotatable bonds is 4. The summed E-state index contributed by atoms with van der Waals surface area (Å²) in [7, 11) is 0. The fourth-order valence-electron chi connectivity index (χ4n) is 4.30. The number of pyridine rings is 1. The molecule has 0 saturated carbocycles. The van der Waals surface area contributed by atoms with Crippen LogP contribution < -0.4 is 5.32 Å². The van der Waals surface area contributed by atoms with Gasteiger partial charge in [0, 0.05) is 53.0 Å². The Morgan fingerprint density at radius 2 is 1.97 bits per heavy atom. The summed E-state index contributed by atoms with van der Waals surface area (Å²) >= 11 is 0. The second-order valence-corrected chi connectivity index (χ2v) is 7.76. The average Bonchev–Trinajstić information content (AvgIpc) is 3.23. The molecule has 0 aliphatic heterocycles. The van der Waals surface area contributed by atoms with Crippen LogP contribution in [0.3, 0.4) is 0 Å². The average molecular weight is 381 g/mol. The molecule has 4 aromatic rings. The van der Waals surface area contributed by atoms with Gasteiger partial charge in [0.05, 0.1) is 5.69 Å². The van der Waals surface area contributed by atoms with Crippen LogP contribution in [0.5, 0.6) is 0 Å². The van der Waals surface area contributed by atoms with Crippen LogP contribution in [0.1, 0.15) is 37.1 Å². The molecule has 2 aromatic heterocycles. The van der Waals surface area contributed by atoms with E-state index in [1.165, 1.54) is 40.3 Å². The Labute approximate surface area is 170 Å². The number of benzene rings is 2. The van der Waals surface area contributed by atoms with Crippen LogP contribution in [-0.4, -0.2) is 15.9 Å². The van der Waals surface area contributed by atoms with E-state index in [1.807, 2.05) is 12.3 Å². The van der Waals surface area contributed by atoms with Crippen LogP contribution in [-0.2, 0) is 17.6 Å². The van der Waals surface area contributed by atoms with E-state index in [2.05, 4.69) is 64.7 Å². The van der Waals surface area contributed by atoms with Gasteiger partial charge in [-0.3, -0.25) is 9.78 Å². The molecule has 2 N–H and O–H groups in total. The molecular weight excluding hydrogens is 358 g/mol. The van der Waals surface area contributed by atoms with Crippen molar-refractivity contribution in [1.82, 2.24) is 9.97 Å². The highest BCUT2D eigenvalue weighted by atomic mass is 16.1. The number of aromatic nitrogens is 2. The van der Waals surface area contributed by atoms with Crippen molar-refractivity contribution in [1.29, 1.82) is 0 Å². The number of nitrogens with one attached hydrogen (secondary N) is 2. The van der Waals surface area contributed by atoms with Crippen LogP contribution in [0.15, 0.2) is 54.7 Å². The van der Waals surface area contributed by atoms with E-state index in [0.717, 1.165) is 41.7 Å². The molecule has 1 aliphatic carbocycles. The third-order valence-corrected chi connectivity index (χ3v) is 5.63. The molecular formula is C25H23N3O. The van der Waals surface area contributed by atoms with E-state index in [1.54, 1.807) is 0 Å². The molecule has 0 fully saturated rings. The summed E-state index contributed by atoms with van der Waals surface area (Å²) in [5.74, 6) is -0.0448. The third-order valence-electron chi connectivity index (χ3n) is 5.63. The lowest BCUT2D eigenvalue weighted by Gasteiger charge is -2.06. The van der Waals surface area contributed by atoms with Crippen molar-refractivity contribution in [3.8, 4) is 22.4 Å². The Bertz CT molecular complexity index is 1240. The van der Waals surface area contributed by atoms with Crippen LogP contribution in [0.2, 0.25) is 0 Å². The van der Waals surface area contributed by atoms with Gasteiger partial charge < -0.3 is 10.3 Å². The van der Waals surface area contributed by atoms with E-state index in [-0.39, 0.29) is 5.91 Å². The summed E-state index contributed by atoms with van der Waals surface area (Å²) in [6.07, 6.45) is 4.98. The maximum atomic E-state index is 11.3. The smallest absolute Gasteiger partial charge is 0.221 e. The zero-order valence-electron chi connectivity index (χ0n) is 16.7. The molecule has 0 spiro atoms. The summed E-state index contributed by atoms with van der Waals surface area (Å²) in [6, 6.07) is 17.0. The lowest BCUT2D eigenvalue weighted by atomic mass is 10.0. The minimum atomic E-state index is -0.0448. The highest BCUT2D eigenvalue weighted by Gasteiger charge is 2.23. The second-order valence-electron chi connectivity index (χ2n) is 7.76. The number of anilines is 1. The number of hydrogen-bond acceptors (Lipinski definition) is 2. The molecule has 4 heteroatoms. The van der Waals surface area contributed by atoms with Crippen molar-refractivity contribution in [2.45, 2.75) is 33.1 Å². The van der Waals surface area contributed by atoms with Crippen LogP contribution in [0, 0.1) is 0 Å². The Kier molecular flexibility index (Phi) is 4.20. The number of carbonyl (C=O) groups is 1. The van der Waals surface area contributed by atoms with Crippen molar-refractivity contribution in [3.63, 3.8) is 0 Å². The molecule has 0 saturated heterocycles. The number of fused-ring (bicyclic) bond motifs is 5. The lowest BCUT2D eigenvalue weighted by Crippen LogP contribution is -2.05. The number of hydrogen-bond donors (Lipinski definition) is 2. The number of aromatic amines is 1. The van der Waals surface area contributed by atoms with Gasteiger partial charge in [0.15, 0.2) is 0 Å². The number of aryl methyl sites for hydroxylation is 1.